The molecule has 2 aromatic heterocycles. The van der Waals surface area contributed by atoms with Crippen molar-refractivity contribution in [3.05, 3.63) is 66.3 Å². The summed E-state index contributed by atoms with van der Waals surface area (Å²) in [5.74, 6) is 0. The molecular formula is C15H16N2. The van der Waals surface area contributed by atoms with E-state index in [-0.39, 0.29) is 0 Å². The second-order valence-corrected chi connectivity index (χ2v) is 3.87. The molecule has 2 heteroatoms. The Balaban J connectivity index is 1.72. The van der Waals surface area contributed by atoms with Crippen LogP contribution in [-0.2, 0) is 6.42 Å². The van der Waals surface area contributed by atoms with Gasteiger partial charge >= 0.3 is 0 Å². The molecule has 0 N–H and O–H groups in total. The van der Waals surface area contributed by atoms with Crippen molar-refractivity contribution < 1.29 is 0 Å². The maximum Gasteiger partial charge on any atom is 0.0626 e. The summed E-state index contributed by atoms with van der Waals surface area (Å²) in [5.41, 5.74) is 2.18. The van der Waals surface area contributed by atoms with Crippen LogP contribution in [0.15, 0.2) is 54.9 Å². The lowest BCUT2D eigenvalue weighted by Gasteiger charge is -1.97. The molecule has 0 saturated carbocycles. The van der Waals surface area contributed by atoms with Crippen molar-refractivity contribution in [3.8, 4) is 0 Å². The molecule has 2 heterocycles. The van der Waals surface area contributed by atoms with Crippen molar-refractivity contribution in [1.82, 2.24) is 9.97 Å². The highest BCUT2D eigenvalue weighted by Gasteiger charge is 1.91. The van der Waals surface area contributed by atoms with Crippen LogP contribution in [0.2, 0.25) is 0 Å². The van der Waals surface area contributed by atoms with E-state index in [1.165, 1.54) is 5.69 Å². The monoisotopic (exact) mass is 224 g/mol. The van der Waals surface area contributed by atoms with Gasteiger partial charge in [0.05, 0.1) is 5.69 Å². The molecule has 0 aromatic carbocycles. The Labute approximate surface area is 102 Å². The van der Waals surface area contributed by atoms with Gasteiger partial charge in [-0.05, 0) is 49.6 Å². The van der Waals surface area contributed by atoms with Crippen molar-refractivity contribution in [2.45, 2.75) is 19.3 Å². The van der Waals surface area contributed by atoms with Crippen LogP contribution >= 0.6 is 0 Å². The fourth-order valence-corrected chi connectivity index (χ4v) is 1.63. The van der Waals surface area contributed by atoms with E-state index in [1.54, 1.807) is 0 Å². The summed E-state index contributed by atoms with van der Waals surface area (Å²) >= 11 is 0. The van der Waals surface area contributed by atoms with E-state index in [1.807, 2.05) is 42.7 Å². The minimum absolute atomic E-state index is 1.02. The third kappa shape index (κ3) is 4.19. The summed E-state index contributed by atoms with van der Waals surface area (Å²) in [6.45, 7) is 0. The van der Waals surface area contributed by atoms with Crippen LogP contribution in [0, 0.1) is 0 Å². The van der Waals surface area contributed by atoms with Crippen molar-refractivity contribution >= 4 is 6.08 Å². The first-order valence-electron chi connectivity index (χ1n) is 5.92. The van der Waals surface area contributed by atoms with E-state index in [9.17, 15) is 0 Å². The molecule has 86 valence electrons. The average molecular weight is 224 g/mol. The molecule has 0 atom stereocenters. The molecule has 0 aliphatic rings. The molecule has 0 amide bonds. The van der Waals surface area contributed by atoms with Gasteiger partial charge < -0.3 is 0 Å². The summed E-state index contributed by atoms with van der Waals surface area (Å²) < 4.78 is 0. The third-order valence-corrected chi connectivity index (χ3v) is 2.51. The number of rotatable bonds is 5. The van der Waals surface area contributed by atoms with E-state index in [4.69, 9.17) is 0 Å². The van der Waals surface area contributed by atoms with E-state index in [0.29, 0.717) is 0 Å². The molecule has 0 spiro atoms. The Morgan fingerprint density at radius 1 is 0.941 bits per heavy atom. The number of unbranched alkanes of at least 4 members (excludes halogenated alkanes) is 1. The number of allylic oxidation sites excluding steroid dienone is 1. The van der Waals surface area contributed by atoms with Gasteiger partial charge in [-0.3, -0.25) is 9.97 Å². The molecule has 2 rings (SSSR count). The highest BCUT2D eigenvalue weighted by atomic mass is 14.7. The highest BCUT2D eigenvalue weighted by Crippen LogP contribution is 2.04. The second-order valence-electron chi connectivity index (χ2n) is 3.87. The van der Waals surface area contributed by atoms with E-state index in [0.717, 1.165) is 25.0 Å². The number of nitrogens with zero attached hydrogens (tertiary/aromatic N) is 2. The minimum atomic E-state index is 1.02. The quantitative estimate of drug-likeness (QED) is 0.726. The van der Waals surface area contributed by atoms with Crippen molar-refractivity contribution in [3.63, 3.8) is 0 Å². The summed E-state index contributed by atoms with van der Waals surface area (Å²) in [5, 5.41) is 0. The van der Waals surface area contributed by atoms with Gasteiger partial charge in [-0.15, -0.1) is 0 Å². The van der Waals surface area contributed by atoms with Crippen LogP contribution in [0.4, 0.5) is 0 Å². The van der Waals surface area contributed by atoms with Crippen LogP contribution in [-0.4, -0.2) is 9.97 Å². The topological polar surface area (TPSA) is 25.8 Å². The molecule has 2 aromatic rings. The fraction of sp³-hybridized carbons (Fsp3) is 0.200. The SMILES string of the molecule is C(=C\c1ccccn1)/CCCc1ccccn1. The van der Waals surface area contributed by atoms with Crippen molar-refractivity contribution in [1.29, 1.82) is 0 Å². The minimum Gasteiger partial charge on any atom is -0.261 e. The predicted octanol–water partition coefficient (Wildman–Crippen LogP) is 3.51. The predicted molar refractivity (Wildman–Crippen MR) is 70.4 cm³/mol. The van der Waals surface area contributed by atoms with Gasteiger partial charge in [-0.2, -0.15) is 0 Å². The van der Waals surface area contributed by atoms with E-state index < -0.39 is 0 Å². The number of aromatic nitrogens is 2. The lowest BCUT2D eigenvalue weighted by molar-refractivity contribution is 0.819. The van der Waals surface area contributed by atoms with Gasteiger partial charge in [0.2, 0.25) is 0 Å². The molecule has 0 fully saturated rings. The van der Waals surface area contributed by atoms with Crippen LogP contribution < -0.4 is 0 Å². The molecule has 0 radical (unpaired) electrons. The van der Waals surface area contributed by atoms with Crippen LogP contribution in [0.5, 0.6) is 0 Å². The van der Waals surface area contributed by atoms with Gasteiger partial charge in [0.15, 0.2) is 0 Å². The zero-order valence-electron chi connectivity index (χ0n) is 9.79. The zero-order valence-corrected chi connectivity index (χ0v) is 9.79. The molecule has 0 saturated heterocycles. The number of aryl methyl sites for hydroxylation is 1. The maximum atomic E-state index is 4.30. The van der Waals surface area contributed by atoms with Gasteiger partial charge in [0.1, 0.15) is 0 Å². The fourth-order valence-electron chi connectivity index (χ4n) is 1.63. The summed E-state index contributed by atoms with van der Waals surface area (Å²) in [6, 6.07) is 12.0. The molecule has 17 heavy (non-hydrogen) atoms. The Hall–Kier alpha value is -1.96. The molecule has 0 aliphatic heterocycles. The van der Waals surface area contributed by atoms with E-state index >= 15 is 0 Å². The Kier molecular flexibility index (Phi) is 4.46. The first-order valence-corrected chi connectivity index (χ1v) is 5.92. The van der Waals surface area contributed by atoms with Gasteiger partial charge in [-0.25, -0.2) is 0 Å². The van der Waals surface area contributed by atoms with Crippen LogP contribution in [0.3, 0.4) is 0 Å². The second kappa shape index (κ2) is 6.59. The number of pyridine rings is 2. The summed E-state index contributed by atoms with van der Waals surface area (Å²) in [7, 11) is 0. The molecule has 0 bridgehead atoms. The highest BCUT2D eigenvalue weighted by molar-refractivity contribution is 5.43. The number of hydrogen-bond donors (Lipinski definition) is 0. The zero-order chi connectivity index (χ0) is 11.8. The molecular weight excluding hydrogens is 208 g/mol. The lowest BCUT2D eigenvalue weighted by Crippen LogP contribution is -1.87. The average Bonchev–Trinajstić information content (AvgIpc) is 2.41. The normalized spacial score (nSPS) is 10.8. The smallest absolute Gasteiger partial charge is 0.0626 e. The first kappa shape index (κ1) is 11.5. The van der Waals surface area contributed by atoms with Gasteiger partial charge in [0, 0.05) is 18.1 Å². The Morgan fingerprint density at radius 3 is 2.47 bits per heavy atom. The lowest BCUT2D eigenvalue weighted by atomic mass is 10.1. The van der Waals surface area contributed by atoms with Crippen LogP contribution in [0.1, 0.15) is 24.2 Å². The van der Waals surface area contributed by atoms with Gasteiger partial charge in [0.25, 0.3) is 0 Å². The van der Waals surface area contributed by atoms with Gasteiger partial charge in [-0.1, -0.05) is 18.2 Å². The summed E-state index contributed by atoms with van der Waals surface area (Å²) in [6.07, 6.45) is 11.1. The molecule has 2 nitrogen and oxygen atoms in total. The molecule has 0 aliphatic carbocycles. The van der Waals surface area contributed by atoms with Crippen LogP contribution in [0.25, 0.3) is 6.08 Å². The Morgan fingerprint density at radius 2 is 1.76 bits per heavy atom. The van der Waals surface area contributed by atoms with E-state index in [2.05, 4.69) is 28.2 Å². The molecule has 0 unspecified atom stereocenters. The largest absolute Gasteiger partial charge is 0.261 e. The first-order chi connectivity index (χ1) is 8.45. The summed E-state index contributed by atoms with van der Waals surface area (Å²) in [4.78, 5) is 8.53. The third-order valence-electron chi connectivity index (χ3n) is 2.51. The van der Waals surface area contributed by atoms with Crippen molar-refractivity contribution in [2.24, 2.45) is 0 Å². The Bertz CT molecular complexity index is 449. The standard InChI is InChI=1S/C15H16N2/c1(2-8-14-10-4-6-12-16-14)3-9-15-11-5-7-13-17-15/h2,4-8,10-13H,1,3,9H2/b8-2+. The maximum absolute atomic E-state index is 4.30. The number of hydrogen-bond acceptors (Lipinski definition) is 2. The van der Waals surface area contributed by atoms with Crippen molar-refractivity contribution in [2.75, 3.05) is 0 Å².